The third-order valence-electron chi connectivity index (χ3n) is 4.59. The number of rotatable bonds is 0. The molecule has 1 saturated carbocycles. The Hall–Kier alpha value is -0.300. The van der Waals surface area contributed by atoms with Gasteiger partial charge in [-0.25, -0.2) is 0 Å². The number of hydrogen-bond donors (Lipinski definition) is 0. The molecule has 13 heavy (non-hydrogen) atoms. The van der Waals surface area contributed by atoms with Crippen LogP contribution in [-0.4, -0.2) is 12.2 Å². The summed E-state index contributed by atoms with van der Waals surface area (Å²) in [6.45, 7) is 6.89. The van der Waals surface area contributed by atoms with Gasteiger partial charge in [0.2, 0.25) is 0 Å². The van der Waals surface area contributed by atoms with E-state index in [9.17, 15) is 0 Å². The Bertz CT molecular complexity index is 264. The van der Waals surface area contributed by atoms with Gasteiger partial charge in [0.25, 0.3) is 0 Å². The monoisotopic (exact) mass is 178 g/mol. The molecule has 1 aliphatic heterocycles. The lowest BCUT2D eigenvalue weighted by Gasteiger charge is -2.26. The SMILES string of the molecule is CC1CC=CC23C(C)OC(C)C2C13. The molecule has 0 aromatic carbocycles. The minimum Gasteiger partial charge on any atom is -0.374 e. The lowest BCUT2D eigenvalue weighted by molar-refractivity contribution is 0.00618. The predicted molar refractivity (Wildman–Crippen MR) is 52.3 cm³/mol. The lowest BCUT2D eigenvalue weighted by Crippen LogP contribution is -2.25. The Kier molecular flexibility index (Phi) is 1.36. The molecular weight excluding hydrogens is 160 g/mol. The Morgan fingerprint density at radius 2 is 2.00 bits per heavy atom. The van der Waals surface area contributed by atoms with Gasteiger partial charge >= 0.3 is 0 Å². The van der Waals surface area contributed by atoms with Gasteiger partial charge in [-0.3, -0.25) is 0 Å². The second-order valence-electron chi connectivity index (χ2n) is 5.15. The van der Waals surface area contributed by atoms with E-state index in [4.69, 9.17) is 4.74 Å². The predicted octanol–water partition coefficient (Wildman–Crippen LogP) is 2.62. The van der Waals surface area contributed by atoms with E-state index in [0.29, 0.717) is 17.6 Å². The Morgan fingerprint density at radius 3 is 2.69 bits per heavy atom. The molecule has 1 saturated heterocycles. The largest absolute Gasteiger partial charge is 0.374 e. The molecule has 1 nitrogen and oxygen atoms in total. The zero-order valence-electron chi connectivity index (χ0n) is 8.66. The van der Waals surface area contributed by atoms with E-state index < -0.39 is 0 Å². The van der Waals surface area contributed by atoms with Gasteiger partial charge < -0.3 is 4.74 Å². The molecule has 6 unspecified atom stereocenters. The van der Waals surface area contributed by atoms with Crippen LogP contribution in [0.2, 0.25) is 0 Å². The fraction of sp³-hybridized carbons (Fsp3) is 0.833. The van der Waals surface area contributed by atoms with Crippen LogP contribution >= 0.6 is 0 Å². The van der Waals surface area contributed by atoms with Crippen LogP contribution in [0, 0.1) is 23.2 Å². The maximum atomic E-state index is 5.88. The highest BCUT2D eigenvalue weighted by Crippen LogP contribution is 2.73. The molecule has 0 aromatic rings. The summed E-state index contributed by atoms with van der Waals surface area (Å²) >= 11 is 0. The van der Waals surface area contributed by atoms with Gasteiger partial charge in [-0.05, 0) is 32.1 Å². The van der Waals surface area contributed by atoms with Crippen molar-refractivity contribution in [3.8, 4) is 0 Å². The van der Waals surface area contributed by atoms with Crippen LogP contribution in [0.25, 0.3) is 0 Å². The molecule has 0 radical (unpaired) electrons. The van der Waals surface area contributed by atoms with E-state index in [1.165, 1.54) is 6.42 Å². The zero-order chi connectivity index (χ0) is 9.22. The minimum atomic E-state index is 0.455. The summed E-state index contributed by atoms with van der Waals surface area (Å²) in [5.74, 6) is 2.64. The van der Waals surface area contributed by atoms with Gasteiger partial charge in [0.1, 0.15) is 0 Å². The molecule has 6 atom stereocenters. The minimum absolute atomic E-state index is 0.455. The molecule has 1 heteroatoms. The molecular formula is C12H18O. The van der Waals surface area contributed by atoms with Crippen molar-refractivity contribution in [1.82, 2.24) is 0 Å². The summed E-state index contributed by atoms with van der Waals surface area (Å²) in [5.41, 5.74) is 0.455. The molecule has 2 aliphatic carbocycles. The van der Waals surface area contributed by atoms with Gasteiger partial charge in [-0.15, -0.1) is 0 Å². The van der Waals surface area contributed by atoms with Crippen LogP contribution in [0.1, 0.15) is 27.2 Å². The van der Waals surface area contributed by atoms with E-state index in [0.717, 1.165) is 17.8 Å². The first-order valence-electron chi connectivity index (χ1n) is 5.51. The highest BCUT2D eigenvalue weighted by molar-refractivity contribution is 5.31. The number of ether oxygens (including phenoxy) is 1. The van der Waals surface area contributed by atoms with Gasteiger partial charge in [-0.2, -0.15) is 0 Å². The van der Waals surface area contributed by atoms with Gasteiger partial charge in [-0.1, -0.05) is 19.1 Å². The van der Waals surface area contributed by atoms with Crippen molar-refractivity contribution in [1.29, 1.82) is 0 Å². The normalized spacial score (nSPS) is 63.2. The number of fused-ring (bicyclic) bond motifs is 1. The van der Waals surface area contributed by atoms with E-state index in [-0.39, 0.29) is 0 Å². The highest BCUT2D eigenvalue weighted by atomic mass is 16.5. The molecule has 1 spiro atoms. The molecule has 0 amide bonds. The number of allylic oxidation sites excluding steroid dienone is 1. The average molecular weight is 178 g/mol. The van der Waals surface area contributed by atoms with Crippen LogP contribution in [0.5, 0.6) is 0 Å². The van der Waals surface area contributed by atoms with Crippen molar-refractivity contribution in [3.63, 3.8) is 0 Å². The molecule has 3 rings (SSSR count). The van der Waals surface area contributed by atoms with Crippen LogP contribution in [0.15, 0.2) is 12.2 Å². The van der Waals surface area contributed by atoms with E-state index in [2.05, 4.69) is 32.9 Å². The summed E-state index contributed by atoms with van der Waals surface area (Å²) in [5, 5.41) is 0. The number of hydrogen-bond acceptors (Lipinski definition) is 1. The second-order valence-corrected chi connectivity index (χ2v) is 5.15. The summed E-state index contributed by atoms with van der Waals surface area (Å²) in [7, 11) is 0. The van der Waals surface area contributed by atoms with Crippen LogP contribution < -0.4 is 0 Å². The standard InChI is InChI=1S/C12H18O/c1-7-5-4-6-12-9(3)13-8(2)11(12)10(7)12/h4,6-11H,5H2,1-3H3. The molecule has 2 fully saturated rings. The Morgan fingerprint density at radius 1 is 1.23 bits per heavy atom. The van der Waals surface area contributed by atoms with E-state index in [1.807, 2.05) is 0 Å². The molecule has 72 valence electrons. The molecule has 1 heterocycles. The molecule has 0 bridgehead atoms. The maximum absolute atomic E-state index is 5.88. The van der Waals surface area contributed by atoms with Crippen LogP contribution in [0.4, 0.5) is 0 Å². The Balaban J connectivity index is 2.00. The first kappa shape index (κ1) is 8.05. The maximum Gasteiger partial charge on any atom is 0.0648 e. The lowest BCUT2D eigenvalue weighted by atomic mass is 9.85. The third kappa shape index (κ3) is 0.735. The van der Waals surface area contributed by atoms with E-state index in [1.54, 1.807) is 0 Å². The van der Waals surface area contributed by atoms with Crippen molar-refractivity contribution >= 4 is 0 Å². The molecule has 0 N–H and O–H groups in total. The van der Waals surface area contributed by atoms with Crippen molar-refractivity contribution in [2.24, 2.45) is 23.2 Å². The topological polar surface area (TPSA) is 9.23 Å². The highest BCUT2D eigenvalue weighted by Gasteiger charge is 2.74. The van der Waals surface area contributed by atoms with Gasteiger partial charge in [0, 0.05) is 11.3 Å². The Labute approximate surface area is 80.2 Å². The van der Waals surface area contributed by atoms with Crippen molar-refractivity contribution in [3.05, 3.63) is 12.2 Å². The van der Waals surface area contributed by atoms with Crippen LogP contribution in [-0.2, 0) is 4.74 Å². The summed E-state index contributed by atoms with van der Waals surface area (Å²) in [4.78, 5) is 0. The van der Waals surface area contributed by atoms with Gasteiger partial charge in [0.15, 0.2) is 0 Å². The van der Waals surface area contributed by atoms with Gasteiger partial charge in [0.05, 0.1) is 12.2 Å². The van der Waals surface area contributed by atoms with E-state index >= 15 is 0 Å². The quantitative estimate of drug-likeness (QED) is 0.518. The van der Waals surface area contributed by atoms with Crippen molar-refractivity contribution in [2.45, 2.75) is 39.4 Å². The zero-order valence-corrected chi connectivity index (χ0v) is 8.66. The van der Waals surface area contributed by atoms with Crippen molar-refractivity contribution in [2.75, 3.05) is 0 Å². The van der Waals surface area contributed by atoms with Crippen molar-refractivity contribution < 1.29 is 4.74 Å². The molecule has 3 aliphatic rings. The summed E-state index contributed by atoms with van der Waals surface area (Å²) in [6, 6.07) is 0. The van der Waals surface area contributed by atoms with Crippen LogP contribution in [0.3, 0.4) is 0 Å². The summed E-state index contributed by atoms with van der Waals surface area (Å²) < 4.78 is 5.88. The summed E-state index contributed by atoms with van der Waals surface area (Å²) in [6.07, 6.45) is 7.06. The third-order valence-corrected chi connectivity index (χ3v) is 4.59. The first-order chi connectivity index (χ1) is 6.18. The fourth-order valence-corrected chi connectivity index (χ4v) is 4.09. The first-order valence-corrected chi connectivity index (χ1v) is 5.51. The average Bonchev–Trinajstić information content (AvgIpc) is 2.70. The second kappa shape index (κ2) is 2.20. The smallest absolute Gasteiger partial charge is 0.0648 e. The fourth-order valence-electron chi connectivity index (χ4n) is 4.09. The molecule has 0 aromatic heterocycles.